The van der Waals surface area contributed by atoms with Crippen molar-refractivity contribution < 1.29 is 28.5 Å². The zero-order chi connectivity index (χ0) is 38.1. The van der Waals surface area contributed by atoms with Crippen LogP contribution in [0.5, 0.6) is 0 Å². The molecule has 2 fully saturated rings. The molecule has 4 amide bonds. The van der Waals surface area contributed by atoms with Crippen molar-refractivity contribution in [2.45, 2.75) is 116 Å². The Kier molecular flexibility index (Phi) is 16.8. The molecule has 2 aromatic carbocycles. The van der Waals surface area contributed by atoms with E-state index < -0.39 is 23.3 Å². The summed E-state index contributed by atoms with van der Waals surface area (Å²) in [5.74, 6) is -1.32. The number of nitrogens with one attached hydrogen (secondary N) is 4. The van der Waals surface area contributed by atoms with Crippen molar-refractivity contribution in [3.05, 3.63) is 70.8 Å². The van der Waals surface area contributed by atoms with E-state index in [2.05, 4.69) is 21.3 Å². The molecule has 13 heteroatoms. The Labute approximate surface area is 316 Å². The van der Waals surface area contributed by atoms with Gasteiger partial charge in [0.05, 0.1) is 0 Å². The van der Waals surface area contributed by atoms with E-state index in [0.717, 1.165) is 55.6 Å². The lowest BCUT2D eigenvalue weighted by molar-refractivity contribution is -0.146. The molecular formula is C40H60BN6O6. The fourth-order valence-electron chi connectivity index (χ4n) is 7.50. The number of amides is 4. The minimum atomic E-state index is -1.19. The molecule has 8 N–H and O–H groups in total. The molecule has 2 atom stereocenters. The van der Waals surface area contributed by atoms with Gasteiger partial charge in [-0.1, -0.05) is 74.2 Å². The fourth-order valence-corrected chi connectivity index (χ4v) is 7.50. The van der Waals surface area contributed by atoms with E-state index in [9.17, 15) is 19.2 Å². The first kappa shape index (κ1) is 42.0. The molecule has 2 unspecified atom stereocenters. The molecule has 2 saturated carbocycles. The molecule has 0 bridgehead atoms. The molecular weight excluding hydrogens is 671 g/mol. The van der Waals surface area contributed by atoms with E-state index in [1.165, 1.54) is 0 Å². The van der Waals surface area contributed by atoms with Gasteiger partial charge in [-0.25, -0.2) is 0 Å². The van der Waals surface area contributed by atoms with Gasteiger partial charge in [0.15, 0.2) is 0 Å². The van der Waals surface area contributed by atoms with Crippen molar-refractivity contribution in [3.8, 4) is 0 Å². The summed E-state index contributed by atoms with van der Waals surface area (Å²) in [6.07, 6.45) is 6.52. The summed E-state index contributed by atoms with van der Waals surface area (Å²) in [7, 11) is 1.12. The Hall–Kier alpha value is -3.78. The third-order valence-electron chi connectivity index (χ3n) is 10.9. The van der Waals surface area contributed by atoms with Crippen LogP contribution in [-0.4, -0.2) is 69.9 Å². The summed E-state index contributed by atoms with van der Waals surface area (Å²) in [4.78, 5) is 54.8. The Bertz CT molecular complexity index is 1390. The number of rotatable bonds is 22. The molecule has 0 heterocycles. The van der Waals surface area contributed by atoms with Crippen molar-refractivity contribution in [1.29, 1.82) is 0 Å². The minimum absolute atomic E-state index is 0.275. The highest BCUT2D eigenvalue weighted by atomic mass is 16.6. The molecule has 0 aliphatic heterocycles. The largest absolute Gasteiger partial charge is 0.491 e. The zero-order valence-corrected chi connectivity index (χ0v) is 31.7. The molecule has 2 aromatic rings. The summed E-state index contributed by atoms with van der Waals surface area (Å²) in [6, 6.07) is 16.1. The molecule has 0 spiro atoms. The van der Waals surface area contributed by atoms with Gasteiger partial charge in [0.25, 0.3) is 0 Å². The standard InChI is InChI=1S/C40H60BN6O6/c1-29-13-3-5-15-31(29)19-27-44-35(48)39(21-7-8-22-39)37(50)46-33(17-11-25-42)52-41-53-34(18-12-26-43)47-38(51)40(23-9-10-24-40)36(49)45-28-20-32-16-6-4-14-30(32)2/h3-6,13-16,33-34H,7-12,17-28,42-43H2,1-2H3,(H,44,48)(H,45,49)(H,46,50)(H,47,51). The first-order valence-electron chi connectivity index (χ1n) is 19.5. The van der Waals surface area contributed by atoms with Crippen molar-refractivity contribution in [3.63, 3.8) is 0 Å². The van der Waals surface area contributed by atoms with Crippen LogP contribution in [-0.2, 0) is 41.3 Å². The van der Waals surface area contributed by atoms with Crippen LogP contribution >= 0.6 is 0 Å². The van der Waals surface area contributed by atoms with Gasteiger partial charge in [-0.3, -0.25) is 19.2 Å². The molecule has 2 aliphatic carbocycles. The van der Waals surface area contributed by atoms with Gasteiger partial charge in [-0.2, -0.15) is 0 Å². The molecule has 12 nitrogen and oxygen atoms in total. The average molecular weight is 732 g/mol. The van der Waals surface area contributed by atoms with Crippen molar-refractivity contribution >= 4 is 31.3 Å². The number of aryl methyl sites for hydroxylation is 2. The van der Waals surface area contributed by atoms with Crippen LogP contribution in [0.1, 0.15) is 99.3 Å². The molecule has 0 aromatic heterocycles. The maximum absolute atomic E-state index is 13.8. The van der Waals surface area contributed by atoms with Gasteiger partial charge < -0.3 is 42.0 Å². The highest BCUT2D eigenvalue weighted by Gasteiger charge is 2.49. The Morgan fingerprint density at radius 3 is 1.38 bits per heavy atom. The van der Waals surface area contributed by atoms with Crippen LogP contribution in [0.15, 0.2) is 48.5 Å². The Balaban J connectivity index is 1.33. The first-order chi connectivity index (χ1) is 25.6. The van der Waals surface area contributed by atoms with Gasteiger partial charge in [-0.15, -0.1) is 0 Å². The van der Waals surface area contributed by atoms with E-state index in [0.29, 0.717) is 90.4 Å². The average Bonchev–Trinajstić information content (AvgIpc) is 3.87. The number of benzene rings is 2. The SMILES string of the molecule is Cc1ccccc1CCNC(=O)C1(C(=O)NC(CCCN)O[B]OC(CCCN)NC(=O)C2(C(=O)NCCc3ccccc3C)CCCC2)CCCC1. The normalized spacial score (nSPS) is 17.1. The van der Waals surface area contributed by atoms with E-state index >= 15 is 0 Å². The zero-order valence-electron chi connectivity index (χ0n) is 31.7. The van der Waals surface area contributed by atoms with Gasteiger partial charge in [0, 0.05) is 13.1 Å². The lowest BCUT2D eigenvalue weighted by atomic mass is 9.83. The molecule has 0 saturated heterocycles. The smallest absolute Gasteiger partial charge is 0.393 e. The lowest BCUT2D eigenvalue weighted by Crippen LogP contribution is -2.54. The number of hydrogen-bond donors (Lipinski definition) is 6. The predicted octanol–water partition coefficient (Wildman–Crippen LogP) is 3.37. The molecule has 1 radical (unpaired) electrons. The number of hydrogen-bond acceptors (Lipinski definition) is 8. The van der Waals surface area contributed by atoms with Crippen molar-refractivity contribution in [1.82, 2.24) is 21.3 Å². The summed E-state index contributed by atoms with van der Waals surface area (Å²) < 4.78 is 11.8. The minimum Gasteiger partial charge on any atom is -0.393 e. The van der Waals surface area contributed by atoms with Gasteiger partial charge in [0.1, 0.15) is 23.3 Å². The second-order valence-electron chi connectivity index (χ2n) is 14.6. The quantitative estimate of drug-likeness (QED) is 0.0605. The predicted molar refractivity (Wildman–Crippen MR) is 206 cm³/mol. The maximum atomic E-state index is 13.8. The van der Waals surface area contributed by atoms with Gasteiger partial charge in [0.2, 0.25) is 23.6 Å². The third-order valence-corrected chi connectivity index (χ3v) is 10.9. The second-order valence-corrected chi connectivity index (χ2v) is 14.6. The van der Waals surface area contributed by atoms with Crippen LogP contribution in [0.2, 0.25) is 0 Å². The number of nitrogens with two attached hydrogens (primary N) is 2. The maximum Gasteiger partial charge on any atom is 0.491 e. The number of carbonyl (C=O) groups excluding carboxylic acids is 4. The van der Waals surface area contributed by atoms with Crippen molar-refractivity contribution in [2.75, 3.05) is 26.2 Å². The van der Waals surface area contributed by atoms with E-state index in [4.69, 9.17) is 20.8 Å². The Morgan fingerprint density at radius 2 is 1.02 bits per heavy atom. The van der Waals surface area contributed by atoms with Crippen LogP contribution in [0.3, 0.4) is 0 Å². The van der Waals surface area contributed by atoms with Gasteiger partial charge >= 0.3 is 7.69 Å². The van der Waals surface area contributed by atoms with Crippen LogP contribution < -0.4 is 32.7 Å². The summed E-state index contributed by atoms with van der Waals surface area (Å²) >= 11 is 0. The van der Waals surface area contributed by atoms with Crippen LogP contribution in [0.4, 0.5) is 0 Å². The fraction of sp³-hybridized carbons (Fsp3) is 0.600. The van der Waals surface area contributed by atoms with E-state index in [-0.39, 0.29) is 23.6 Å². The molecule has 2 aliphatic rings. The lowest BCUT2D eigenvalue weighted by Gasteiger charge is -2.31. The summed E-state index contributed by atoms with van der Waals surface area (Å²) in [5.41, 5.74) is 13.8. The second kappa shape index (κ2) is 21.2. The van der Waals surface area contributed by atoms with E-state index in [1.807, 2.05) is 62.4 Å². The molecule has 289 valence electrons. The summed E-state index contributed by atoms with van der Waals surface area (Å²) in [6.45, 7) is 5.70. The number of carbonyl (C=O) groups is 4. The third kappa shape index (κ3) is 11.6. The van der Waals surface area contributed by atoms with Crippen molar-refractivity contribution in [2.24, 2.45) is 22.3 Å². The van der Waals surface area contributed by atoms with E-state index in [1.54, 1.807) is 0 Å². The first-order valence-corrected chi connectivity index (χ1v) is 19.5. The highest BCUT2D eigenvalue weighted by Crippen LogP contribution is 2.40. The van der Waals surface area contributed by atoms with Crippen LogP contribution in [0, 0.1) is 24.7 Å². The van der Waals surface area contributed by atoms with Crippen LogP contribution in [0.25, 0.3) is 0 Å². The monoisotopic (exact) mass is 731 g/mol. The summed E-state index contributed by atoms with van der Waals surface area (Å²) in [5, 5.41) is 11.9. The van der Waals surface area contributed by atoms with Gasteiger partial charge in [-0.05, 0) is 113 Å². The topological polar surface area (TPSA) is 187 Å². The highest BCUT2D eigenvalue weighted by molar-refractivity contribution is 6.18. The molecule has 53 heavy (non-hydrogen) atoms. The Morgan fingerprint density at radius 1 is 0.642 bits per heavy atom. The molecule has 4 rings (SSSR count).